The number of nitrogens with two attached hydrogens (primary N) is 2. The first kappa shape index (κ1) is 55.1. The van der Waals surface area contributed by atoms with Crippen molar-refractivity contribution in [3.05, 3.63) is 144 Å². The van der Waals surface area contributed by atoms with Crippen LogP contribution in [-0.2, 0) is 14.4 Å². The number of rotatable bonds is 14. The van der Waals surface area contributed by atoms with Gasteiger partial charge in [-0.05, 0) is 155 Å². The van der Waals surface area contributed by atoms with Crippen molar-refractivity contribution in [1.29, 1.82) is 10.5 Å². The Hall–Kier alpha value is -9.23. The predicted molar refractivity (Wildman–Crippen MR) is 303 cm³/mol. The van der Waals surface area contributed by atoms with Crippen LogP contribution in [0.15, 0.2) is 121 Å². The fraction of sp³-hybridized carbons (Fsp3) is 0.371. The number of nitrogens with one attached hydrogen (secondary N) is 2. The van der Waals surface area contributed by atoms with Gasteiger partial charge in [0.2, 0.25) is 5.91 Å². The molecule has 4 aliphatic heterocycles. The number of likely N-dealkylation sites (tertiary alicyclic amines) is 2. The second kappa shape index (κ2) is 25.3. The molecule has 4 aromatic carbocycles. The lowest BCUT2D eigenvalue weighted by Gasteiger charge is -2.37. The molecule has 2 saturated heterocycles. The van der Waals surface area contributed by atoms with Gasteiger partial charge in [-0.2, -0.15) is 10.5 Å². The molecule has 19 heteroatoms. The summed E-state index contributed by atoms with van der Waals surface area (Å²) in [6.45, 7) is 3.87. The summed E-state index contributed by atoms with van der Waals surface area (Å²) in [5.74, 6) is 4.85. The number of fused-ring (bicyclic) bond motifs is 2. The van der Waals surface area contributed by atoms with Gasteiger partial charge in [-0.1, -0.05) is 42.5 Å². The lowest BCUT2D eigenvalue weighted by molar-refractivity contribution is -0.131. The lowest BCUT2D eigenvalue weighted by atomic mass is 9.81. The molecule has 2 atom stereocenters. The number of carbonyl (C=O) groups excluding carboxylic acids is 5. The first-order valence-corrected chi connectivity index (χ1v) is 28.0. The van der Waals surface area contributed by atoms with Crippen molar-refractivity contribution in [1.82, 2.24) is 29.1 Å². The highest BCUT2D eigenvalue weighted by molar-refractivity contribution is 5.99. The topological polar surface area (TPSA) is 270 Å². The average Bonchev–Trinajstić information content (AvgIpc) is 4.50. The molecule has 2 aliphatic carbocycles. The van der Waals surface area contributed by atoms with E-state index >= 15 is 0 Å². The average molecular weight is 1090 g/mol. The number of hydrogen-bond acceptors (Lipinski definition) is 13. The van der Waals surface area contributed by atoms with Crippen LogP contribution in [0.5, 0.6) is 23.0 Å². The molecule has 4 amide bonds. The number of nitriles is 2. The van der Waals surface area contributed by atoms with E-state index in [0.29, 0.717) is 97.2 Å². The van der Waals surface area contributed by atoms with Crippen molar-refractivity contribution in [2.24, 2.45) is 35.1 Å². The SMILES string of the molecule is N#C/C(=C\C1CC1)C(=O)N1CCC(C2CCNn3c2nc(-c2ccc(Oc4ccccc4)cc2)c3C(N)=O)CC1.N#CCC(=O)N1CCC(C2CCNn3c2nc(-c2ccc(Oc4ccccc4)cc2)c3C(N)=O)CC1.O=CC1CC1. The van der Waals surface area contributed by atoms with Crippen LogP contribution in [0, 0.1) is 46.3 Å². The summed E-state index contributed by atoms with van der Waals surface area (Å²) < 4.78 is 15.3. The van der Waals surface area contributed by atoms with Crippen LogP contribution < -0.4 is 31.8 Å². The molecule has 6 aliphatic rings. The predicted octanol–water partition coefficient (Wildman–Crippen LogP) is 8.79. The summed E-state index contributed by atoms with van der Waals surface area (Å²) >= 11 is 0. The number of allylic oxidation sites excluding steroid dienone is 1. The number of nitrogens with zero attached hydrogens (tertiary/aromatic N) is 8. The summed E-state index contributed by atoms with van der Waals surface area (Å²) in [5, 5.41) is 18.3. The number of benzene rings is 4. The number of imidazole rings is 2. The summed E-state index contributed by atoms with van der Waals surface area (Å²) in [5.41, 5.74) is 21.9. The normalized spacial score (nSPS) is 18.7. The lowest BCUT2D eigenvalue weighted by Crippen LogP contribution is -2.42. The first-order valence-electron chi connectivity index (χ1n) is 28.0. The van der Waals surface area contributed by atoms with Gasteiger partial charge in [-0.3, -0.25) is 19.2 Å². The molecule has 19 nitrogen and oxygen atoms in total. The molecule has 2 saturated carbocycles. The summed E-state index contributed by atoms with van der Waals surface area (Å²) in [6.07, 6.45) is 12.3. The fourth-order valence-corrected chi connectivity index (χ4v) is 11.3. The van der Waals surface area contributed by atoms with Crippen molar-refractivity contribution in [2.75, 3.05) is 50.1 Å². The highest BCUT2D eigenvalue weighted by atomic mass is 16.5. The Morgan fingerprint density at radius 2 is 0.988 bits per heavy atom. The molecule has 6 heterocycles. The van der Waals surface area contributed by atoms with Gasteiger partial charge in [0.25, 0.3) is 17.7 Å². The Bertz CT molecular complexity index is 3340. The number of piperidine rings is 2. The first-order chi connectivity index (χ1) is 39.5. The van der Waals surface area contributed by atoms with Gasteiger partial charge >= 0.3 is 0 Å². The summed E-state index contributed by atoms with van der Waals surface area (Å²) in [6, 6.07) is 38.1. The van der Waals surface area contributed by atoms with Crippen molar-refractivity contribution < 1.29 is 33.4 Å². The maximum atomic E-state index is 12.9. The van der Waals surface area contributed by atoms with Gasteiger partial charge in [0.15, 0.2) is 11.4 Å². The molecule has 12 rings (SSSR count). The van der Waals surface area contributed by atoms with E-state index in [9.17, 15) is 29.2 Å². The number of carbonyl (C=O) groups is 5. The maximum Gasteiger partial charge on any atom is 0.269 e. The quantitative estimate of drug-likeness (QED) is 0.0452. The second-order valence-corrected chi connectivity index (χ2v) is 21.4. The van der Waals surface area contributed by atoms with Crippen LogP contribution in [-0.4, -0.2) is 98.3 Å². The third-order valence-electron chi connectivity index (χ3n) is 15.9. The molecule has 0 spiro atoms. The van der Waals surface area contributed by atoms with E-state index < -0.39 is 11.8 Å². The summed E-state index contributed by atoms with van der Waals surface area (Å²) in [7, 11) is 0. The summed E-state index contributed by atoms with van der Waals surface area (Å²) in [4.78, 5) is 73.2. The third kappa shape index (κ3) is 13.1. The Balaban J connectivity index is 0.000000168. The van der Waals surface area contributed by atoms with Crippen molar-refractivity contribution in [2.45, 2.75) is 82.5 Å². The number of aldehydes is 1. The molecule has 2 unspecified atom stereocenters. The minimum atomic E-state index is -0.543. The van der Waals surface area contributed by atoms with E-state index in [1.165, 1.54) is 0 Å². The standard InChI is InChI=1S/C31H32N6O3.C27H28N6O3.C4H6O/c32-19-23(18-20-6-7-20)31(39)36-16-13-21(14-17-36)26-12-15-34-37-28(29(33)38)27(35-30(26)37)22-8-10-25(11-9-22)40-24-4-2-1-3-5-24;28-14-10-23(34)32-16-12-18(13-17-32)22-11-15-30-33-25(26(29)35)24(31-27(22)33)19-6-8-21(9-7-19)36-20-4-2-1-3-5-20;5-3-4-1-2-4/h1-5,8-11,18,20-21,26,34H,6-7,12-17H2,(H2,33,38);1-9,18,22,30H,10-13,15-17H2,(H2,29,35);3-4H,1-2H2/b23-18+;;. The number of para-hydroxylation sites is 2. The van der Waals surface area contributed by atoms with E-state index in [1.54, 1.807) is 19.2 Å². The van der Waals surface area contributed by atoms with Crippen molar-refractivity contribution >= 4 is 29.9 Å². The van der Waals surface area contributed by atoms with Crippen LogP contribution >= 0.6 is 0 Å². The Morgan fingerprint density at radius 3 is 1.36 bits per heavy atom. The van der Waals surface area contributed by atoms with Gasteiger partial charge in [-0.15, -0.1) is 0 Å². The van der Waals surface area contributed by atoms with E-state index in [0.717, 1.165) is 105 Å². The highest BCUT2D eigenvalue weighted by Gasteiger charge is 2.39. The molecule has 6 aromatic rings. The van der Waals surface area contributed by atoms with E-state index in [2.05, 4.69) is 16.9 Å². The molecule has 6 N–H and O–H groups in total. The number of aromatic nitrogens is 4. The Morgan fingerprint density at radius 1 is 0.568 bits per heavy atom. The molecule has 81 heavy (non-hydrogen) atoms. The number of ether oxygens (including phenoxy) is 2. The van der Waals surface area contributed by atoms with Crippen molar-refractivity contribution in [3.8, 4) is 57.7 Å². The Labute approximate surface area is 470 Å². The molecule has 0 radical (unpaired) electrons. The largest absolute Gasteiger partial charge is 0.457 e. The second-order valence-electron chi connectivity index (χ2n) is 21.4. The molecule has 416 valence electrons. The van der Waals surface area contributed by atoms with E-state index in [-0.39, 0.29) is 35.6 Å². The zero-order valence-electron chi connectivity index (χ0n) is 45.1. The van der Waals surface area contributed by atoms with E-state index in [1.807, 2.05) is 121 Å². The van der Waals surface area contributed by atoms with Crippen LogP contribution in [0.1, 0.15) is 115 Å². The zero-order chi connectivity index (χ0) is 56.4. The number of amides is 4. The maximum absolute atomic E-state index is 12.9. The minimum Gasteiger partial charge on any atom is -0.457 e. The van der Waals surface area contributed by atoms with Crippen LogP contribution in [0.2, 0.25) is 0 Å². The monoisotopic (exact) mass is 1090 g/mol. The number of hydrogen-bond donors (Lipinski definition) is 4. The molecular weight excluding hydrogens is 1020 g/mol. The van der Waals surface area contributed by atoms with Crippen molar-refractivity contribution in [3.63, 3.8) is 0 Å². The van der Waals surface area contributed by atoms with Crippen LogP contribution in [0.4, 0.5) is 0 Å². The zero-order valence-corrected chi connectivity index (χ0v) is 45.1. The van der Waals surface area contributed by atoms with Gasteiger partial charge in [0.1, 0.15) is 70.4 Å². The minimum absolute atomic E-state index is 0.0804. The van der Waals surface area contributed by atoms with Crippen LogP contribution in [0.25, 0.3) is 22.5 Å². The van der Waals surface area contributed by atoms with Gasteiger partial charge in [0, 0.05) is 68.1 Å². The van der Waals surface area contributed by atoms with E-state index in [4.69, 9.17) is 36.2 Å². The molecule has 0 bridgehead atoms. The molecule has 4 fully saturated rings. The van der Waals surface area contributed by atoms with Crippen LogP contribution in [0.3, 0.4) is 0 Å². The van der Waals surface area contributed by atoms with Gasteiger partial charge in [-0.25, -0.2) is 19.3 Å². The molecule has 2 aromatic heterocycles. The fourth-order valence-electron chi connectivity index (χ4n) is 11.3. The number of primary amides is 2. The smallest absolute Gasteiger partial charge is 0.269 e. The molecular formula is C62H66N12O7. The van der Waals surface area contributed by atoms with Gasteiger partial charge in [0.05, 0.1) is 6.07 Å². The highest BCUT2D eigenvalue weighted by Crippen LogP contribution is 2.42. The Kier molecular flexibility index (Phi) is 17.2. The van der Waals surface area contributed by atoms with Gasteiger partial charge < -0.3 is 46.4 Å². The third-order valence-corrected chi connectivity index (χ3v) is 15.9.